The van der Waals surface area contributed by atoms with Crippen molar-refractivity contribution in [2.75, 3.05) is 12.9 Å². The monoisotopic (exact) mass is 399 g/mol. The second-order valence-corrected chi connectivity index (χ2v) is 8.19. The van der Waals surface area contributed by atoms with E-state index >= 15 is 0 Å². The lowest BCUT2D eigenvalue weighted by atomic mass is 10.1. The fraction of sp³-hybridized carbons (Fsp3) is 0.333. The molecule has 0 fully saturated rings. The highest BCUT2D eigenvalue weighted by molar-refractivity contribution is 7.51. The first kappa shape index (κ1) is 20.9. The summed E-state index contributed by atoms with van der Waals surface area (Å²) in [7, 11) is -4.18. The number of ether oxygens (including phenoxy) is 1. The number of hydrogen-bond donors (Lipinski definition) is 4. The standard InChI is InChI=1S/C18H23ClNO5P/c1-13(20-11-18(21)15-4-6-16(19)7-5-15)10-14-2-8-17(9-3-14)25-12-26(22,23)24/h2-9,13,18,20-21H,10-12H2,1H3,(H2,22,23,24). The molecule has 0 heterocycles. The minimum Gasteiger partial charge on any atom is -0.481 e. The molecular weight excluding hydrogens is 377 g/mol. The van der Waals surface area contributed by atoms with Crippen LogP contribution in [0.3, 0.4) is 0 Å². The van der Waals surface area contributed by atoms with Crippen LogP contribution >= 0.6 is 19.2 Å². The van der Waals surface area contributed by atoms with Gasteiger partial charge in [-0.25, -0.2) is 0 Å². The molecule has 4 N–H and O–H groups in total. The number of aliphatic hydroxyl groups is 1. The SMILES string of the molecule is CC(Cc1ccc(OCP(=O)(O)O)cc1)NCC(O)c1ccc(Cl)cc1. The predicted octanol–water partition coefficient (Wildman–Crippen LogP) is 3.11. The van der Waals surface area contributed by atoms with E-state index in [9.17, 15) is 9.67 Å². The molecule has 26 heavy (non-hydrogen) atoms. The first-order valence-corrected chi connectivity index (χ1v) is 10.3. The zero-order valence-corrected chi connectivity index (χ0v) is 16.0. The lowest BCUT2D eigenvalue weighted by Gasteiger charge is -2.18. The quantitative estimate of drug-likeness (QED) is 0.484. The highest BCUT2D eigenvalue weighted by Crippen LogP contribution is 2.34. The van der Waals surface area contributed by atoms with Gasteiger partial charge in [-0.3, -0.25) is 4.57 Å². The van der Waals surface area contributed by atoms with Gasteiger partial charge >= 0.3 is 7.60 Å². The van der Waals surface area contributed by atoms with Crippen molar-refractivity contribution in [3.8, 4) is 5.75 Å². The summed E-state index contributed by atoms with van der Waals surface area (Å²) >= 11 is 5.84. The third-order valence-electron chi connectivity index (χ3n) is 3.78. The topological polar surface area (TPSA) is 99.0 Å². The van der Waals surface area contributed by atoms with E-state index in [2.05, 4.69) is 5.32 Å². The molecule has 0 radical (unpaired) electrons. The van der Waals surface area contributed by atoms with Crippen LogP contribution in [0.15, 0.2) is 48.5 Å². The molecule has 0 saturated carbocycles. The Bertz CT molecular complexity index is 732. The van der Waals surface area contributed by atoms with Gasteiger partial charge in [-0.15, -0.1) is 0 Å². The van der Waals surface area contributed by atoms with Gasteiger partial charge in [0.15, 0.2) is 6.35 Å². The Kier molecular flexibility index (Phi) is 7.65. The summed E-state index contributed by atoms with van der Waals surface area (Å²) in [5.74, 6) is 0.413. The Morgan fingerprint density at radius 2 is 1.73 bits per heavy atom. The smallest absolute Gasteiger partial charge is 0.362 e. The maximum Gasteiger partial charge on any atom is 0.362 e. The van der Waals surface area contributed by atoms with Crippen LogP contribution in [-0.2, 0) is 11.0 Å². The van der Waals surface area contributed by atoms with Crippen molar-refractivity contribution in [3.63, 3.8) is 0 Å². The summed E-state index contributed by atoms with van der Waals surface area (Å²) in [4.78, 5) is 17.6. The van der Waals surface area contributed by atoms with Crippen molar-refractivity contribution < 1.29 is 24.2 Å². The Labute approximate surface area is 157 Å². The summed E-state index contributed by atoms with van der Waals surface area (Å²) in [5.41, 5.74) is 1.86. The van der Waals surface area contributed by atoms with Gasteiger partial charge in [-0.2, -0.15) is 0 Å². The zero-order chi connectivity index (χ0) is 19.2. The molecule has 2 rings (SSSR count). The second kappa shape index (κ2) is 9.51. The molecular formula is C18H23ClNO5P. The molecule has 0 aliphatic carbocycles. The average molecular weight is 400 g/mol. The Hall–Kier alpha value is -1.40. The first-order valence-electron chi connectivity index (χ1n) is 8.16. The van der Waals surface area contributed by atoms with Gasteiger partial charge in [0, 0.05) is 17.6 Å². The van der Waals surface area contributed by atoms with E-state index in [-0.39, 0.29) is 6.04 Å². The maximum atomic E-state index is 10.8. The Morgan fingerprint density at radius 3 is 2.31 bits per heavy atom. The largest absolute Gasteiger partial charge is 0.481 e. The lowest BCUT2D eigenvalue weighted by molar-refractivity contribution is 0.170. The van der Waals surface area contributed by atoms with E-state index in [1.807, 2.05) is 19.1 Å². The lowest BCUT2D eigenvalue weighted by Crippen LogP contribution is -2.32. The van der Waals surface area contributed by atoms with Crippen LogP contribution in [0.1, 0.15) is 24.2 Å². The van der Waals surface area contributed by atoms with Gasteiger partial charge in [0.2, 0.25) is 0 Å². The van der Waals surface area contributed by atoms with Crippen LogP contribution < -0.4 is 10.1 Å². The van der Waals surface area contributed by atoms with Crippen LogP contribution in [0.2, 0.25) is 5.02 Å². The van der Waals surface area contributed by atoms with Gasteiger partial charge in [-0.05, 0) is 48.7 Å². The minimum absolute atomic E-state index is 0.138. The zero-order valence-electron chi connectivity index (χ0n) is 14.4. The summed E-state index contributed by atoms with van der Waals surface area (Å²) in [6.07, 6.45) is -0.503. The molecule has 0 bridgehead atoms. The number of halogens is 1. The molecule has 2 aromatic carbocycles. The van der Waals surface area contributed by atoms with Crippen LogP contribution in [-0.4, -0.2) is 33.8 Å². The van der Waals surface area contributed by atoms with Crippen molar-refractivity contribution in [1.29, 1.82) is 0 Å². The highest BCUT2D eigenvalue weighted by atomic mass is 35.5. The van der Waals surface area contributed by atoms with E-state index in [1.54, 1.807) is 36.4 Å². The fourth-order valence-corrected chi connectivity index (χ4v) is 2.86. The molecule has 6 nitrogen and oxygen atoms in total. The molecule has 142 valence electrons. The molecule has 0 amide bonds. The van der Waals surface area contributed by atoms with Crippen LogP contribution in [0.25, 0.3) is 0 Å². The van der Waals surface area contributed by atoms with Gasteiger partial charge < -0.3 is 24.9 Å². The van der Waals surface area contributed by atoms with E-state index in [0.717, 1.165) is 17.5 Å². The third-order valence-corrected chi connectivity index (χ3v) is 4.50. The van der Waals surface area contributed by atoms with E-state index in [0.29, 0.717) is 17.3 Å². The first-order chi connectivity index (χ1) is 12.2. The fourth-order valence-electron chi connectivity index (χ4n) is 2.42. The molecule has 8 heteroatoms. The Morgan fingerprint density at radius 1 is 1.12 bits per heavy atom. The number of benzene rings is 2. The number of nitrogens with one attached hydrogen (secondary N) is 1. The van der Waals surface area contributed by atoms with Crippen LogP contribution in [0, 0.1) is 0 Å². The van der Waals surface area contributed by atoms with Gasteiger partial charge in [-0.1, -0.05) is 35.9 Å². The van der Waals surface area contributed by atoms with Crippen molar-refractivity contribution in [2.24, 2.45) is 0 Å². The third kappa shape index (κ3) is 7.46. The molecule has 2 unspecified atom stereocenters. The predicted molar refractivity (Wildman–Crippen MR) is 102 cm³/mol. The summed E-state index contributed by atoms with van der Waals surface area (Å²) in [6, 6.07) is 14.3. The summed E-state index contributed by atoms with van der Waals surface area (Å²) in [6.45, 7) is 2.44. The highest BCUT2D eigenvalue weighted by Gasteiger charge is 2.14. The second-order valence-electron chi connectivity index (χ2n) is 6.16. The average Bonchev–Trinajstić information content (AvgIpc) is 2.59. The van der Waals surface area contributed by atoms with Crippen LogP contribution in [0.5, 0.6) is 5.75 Å². The summed E-state index contributed by atoms with van der Waals surface area (Å²) in [5, 5.41) is 14.1. The van der Waals surface area contributed by atoms with Crippen molar-refractivity contribution >= 4 is 19.2 Å². The van der Waals surface area contributed by atoms with Crippen LogP contribution in [0.4, 0.5) is 0 Å². The number of rotatable bonds is 9. The molecule has 2 aromatic rings. The van der Waals surface area contributed by atoms with Gasteiger partial charge in [0.1, 0.15) is 5.75 Å². The molecule has 0 aliphatic heterocycles. The van der Waals surface area contributed by atoms with Gasteiger partial charge in [0.25, 0.3) is 0 Å². The van der Waals surface area contributed by atoms with E-state index < -0.39 is 20.0 Å². The van der Waals surface area contributed by atoms with E-state index in [1.165, 1.54) is 0 Å². The number of hydrogen-bond acceptors (Lipinski definition) is 4. The normalized spacial score (nSPS) is 14.0. The summed E-state index contributed by atoms with van der Waals surface area (Å²) < 4.78 is 15.8. The van der Waals surface area contributed by atoms with Gasteiger partial charge in [0.05, 0.1) is 6.10 Å². The molecule has 0 spiro atoms. The maximum absolute atomic E-state index is 10.8. The molecule has 0 aromatic heterocycles. The van der Waals surface area contributed by atoms with E-state index in [4.69, 9.17) is 26.1 Å². The molecule has 0 saturated heterocycles. The molecule has 2 atom stereocenters. The Balaban J connectivity index is 1.79. The molecule has 0 aliphatic rings. The van der Waals surface area contributed by atoms with Crippen molar-refractivity contribution in [3.05, 3.63) is 64.7 Å². The number of aliphatic hydroxyl groups excluding tert-OH is 1. The van der Waals surface area contributed by atoms with Crippen molar-refractivity contribution in [1.82, 2.24) is 5.32 Å². The minimum atomic E-state index is -4.18. The van der Waals surface area contributed by atoms with Crippen molar-refractivity contribution in [2.45, 2.75) is 25.5 Å².